The zero-order valence-electron chi connectivity index (χ0n) is 9.61. The van der Waals surface area contributed by atoms with Crippen molar-refractivity contribution in [1.29, 1.82) is 0 Å². The molecule has 1 aromatic heterocycles. The lowest BCUT2D eigenvalue weighted by molar-refractivity contribution is -0.122. The molecule has 1 aliphatic rings. The van der Waals surface area contributed by atoms with Crippen molar-refractivity contribution in [2.45, 2.75) is 19.3 Å². The van der Waals surface area contributed by atoms with Crippen molar-refractivity contribution < 1.29 is 9.53 Å². The lowest BCUT2D eigenvalue weighted by Gasteiger charge is -2.09. The minimum absolute atomic E-state index is 0.0381. The molecule has 0 unspecified atom stereocenters. The maximum absolute atomic E-state index is 10.4. The minimum Gasteiger partial charge on any atom is -0.370 e. The lowest BCUT2D eigenvalue weighted by atomic mass is 10.2. The van der Waals surface area contributed by atoms with Crippen LogP contribution in [0.15, 0.2) is 6.33 Å². The first-order valence-corrected chi connectivity index (χ1v) is 5.70. The Morgan fingerprint density at radius 1 is 1.47 bits per heavy atom. The monoisotopic (exact) mass is 236 g/mol. The Hall–Kier alpha value is -1.69. The molecular weight excluding hydrogens is 220 g/mol. The Morgan fingerprint density at radius 2 is 2.35 bits per heavy atom. The second kappa shape index (κ2) is 5.58. The van der Waals surface area contributed by atoms with E-state index >= 15 is 0 Å². The Balaban J connectivity index is 1.80. The number of amides is 1. The fourth-order valence-corrected chi connectivity index (χ4v) is 1.93. The van der Waals surface area contributed by atoms with Crippen LogP contribution < -0.4 is 11.1 Å². The molecule has 0 spiro atoms. The van der Waals surface area contributed by atoms with Crippen LogP contribution in [-0.4, -0.2) is 35.6 Å². The highest BCUT2D eigenvalue weighted by Crippen LogP contribution is 2.24. The second-order valence-electron chi connectivity index (χ2n) is 3.95. The minimum atomic E-state index is -0.451. The summed E-state index contributed by atoms with van der Waals surface area (Å²) < 4.78 is 5.06. The van der Waals surface area contributed by atoms with Gasteiger partial charge in [0.05, 0.1) is 6.61 Å². The average Bonchev–Trinajstić information content (AvgIpc) is 2.77. The van der Waals surface area contributed by atoms with Gasteiger partial charge in [0.15, 0.2) is 0 Å². The summed E-state index contributed by atoms with van der Waals surface area (Å²) in [6.45, 7) is 1.00. The lowest BCUT2D eigenvalue weighted by Crippen LogP contribution is -2.21. The van der Waals surface area contributed by atoms with Gasteiger partial charge < -0.3 is 15.8 Å². The molecule has 0 aromatic carbocycles. The van der Waals surface area contributed by atoms with E-state index in [0.717, 1.165) is 30.8 Å². The number of fused-ring (bicyclic) bond motifs is 1. The van der Waals surface area contributed by atoms with Crippen LogP contribution in [0.4, 0.5) is 5.82 Å². The van der Waals surface area contributed by atoms with E-state index in [4.69, 9.17) is 10.5 Å². The highest BCUT2D eigenvalue weighted by atomic mass is 16.5. The van der Waals surface area contributed by atoms with Crippen LogP contribution in [0.2, 0.25) is 0 Å². The Bertz CT molecular complexity index is 408. The van der Waals surface area contributed by atoms with Crippen LogP contribution in [0.3, 0.4) is 0 Å². The van der Waals surface area contributed by atoms with E-state index in [1.807, 2.05) is 0 Å². The number of hydrogen-bond donors (Lipinski definition) is 2. The van der Waals surface area contributed by atoms with Crippen LogP contribution in [0.1, 0.15) is 17.7 Å². The molecule has 1 amide bonds. The molecule has 0 bridgehead atoms. The van der Waals surface area contributed by atoms with Gasteiger partial charge in [-0.25, -0.2) is 9.97 Å². The van der Waals surface area contributed by atoms with Crippen LogP contribution in [0, 0.1) is 0 Å². The van der Waals surface area contributed by atoms with Crippen molar-refractivity contribution in [3.63, 3.8) is 0 Å². The van der Waals surface area contributed by atoms with Gasteiger partial charge in [0.1, 0.15) is 18.8 Å². The number of aromatic nitrogens is 2. The first-order valence-electron chi connectivity index (χ1n) is 5.70. The summed E-state index contributed by atoms with van der Waals surface area (Å²) in [7, 11) is 0. The van der Waals surface area contributed by atoms with E-state index in [-0.39, 0.29) is 6.61 Å². The molecule has 1 aromatic rings. The maximum Gasteiger partial charge on any atom is 0.243 e. The van der Waals surface area contributed by atoms with Gasteiger partial charge >= 0.3 is 0 Å². The van der Waals surface area contributed by atoms with E-state index in [9.17, 15) is 4.79 Å². The van der Waals surface area contributed by atoms with Crippen molar-refractivity contribution in [1.82, 2.24) is 9.97 Å². The van der Waals surface area contributed by atoms with Crippen LogP contribution in [0.25, 0.3) is 0 Å². The van der Waals surface area contributed by atoms with Gasteiger partial charge in [0.25, 0.3) is 0 Å². The molecule has 0 atom stereocenters. The molecule has 17 heavy (non-hydrogen) atoms. The summed E-state index contributed by atoms with van der Waals surface area (Å²) in [6.07, 6.45) is 4.78. The zero-order valence-corrected chi connectivity index (χ0v) is 9.61. The number of anilines is 1. The topological polar surface area (TPSA) is 90.1 Å². The van der Waals surface area contributed by atoms with Gasteiger partial charge in [-0.05, 0) is 19.3 Å². The quantitative estimate of drug-likeness (QED) is 0.672. The molecule has 0 saturated carbocycles. The Kier molecular flexibility index (Phi) is 3.87. The van der Waals surface area contributed by atoms with Crippen LogP contribution >= 0.6 is 0 Å². The maximum atomic E-state index is 10.4. The van der Waals surface area contributed by atoms with E-state index in [2.05, 4.69) is 15.3 Å². The summed E-state index contributed by atoms with van der Waals surface area (Å²) in [4.78, 5) is 18.9. The van der Waals surface area contributed by atoms with Gasteiger partial charge in [-0.3, -0.25) is 4.79 Å². The third kappa shape index (κ3) is 3.13. The van der Waals surface area contributed by atoms with E-state index < -0.39 is 5.91 Å². The number of primary amides is 1. The number of rotatable bonds is 6. The fraction of sp³-hybridized carbons (Fsp3) is 0.545. The first-order chi connectivity index (χ1) is 8.27. The molecular formula is C11H16N4O2. The molecule has 3 N–H and O–H groups in total. The smallest absolute Gasteiger partial charge is 0.243 e. The van der Waals surface area contributed by atoms with Crippen LogP contribution in [-0.2, 0) is 22.4 Å². The van der Waals surface area contributed by atoms with Crippen molar-refractivity contribution >= 4 is 11.7 Å². The predicted octanol–water partition coefficient (Wildman–Crippen LogP) is -0.121. The van der Waals surface area contributed by atoms with E-state index in [0.29, 0.717) is 13.2 Å². The standard InChI is InChI=1S/C11H16N4O2/c12-10(16)6-17-5-4-13-11-8-2-1-3-9(8)14-7-15-11/h7H,1-6H2,(H2,12,16)(H,13,14,15). The third-order valence-electron chi connectivity index (χ3n) is 2.66. The molecule has 6 nitrogen and oxygen atoms in total. The van der Waals surface area contributed by atoms with E-state index in [1.165, 1.54) is 5.56 Å². The highest BCUT2D eigenvalue weighted by Gasteiger charge is 2.16. The van der Waals surface area contributed by atoms with Crippen molar-refractivity contribution in [2.24, 2.45) is 5.73 Å². The van der Waals surface area contributed by atoms with Crippen molar-refractivity contribution in [3.05, 3.63) is 17.6 Å². The van der Waals surface area contributed by atoms with Gasteiger partial charge in [0.2, 0.25) is 5.91 Å². The Labute approximate surface area is 99.6 Å². The predicted molar refractivity (Wildman–Crippen MR) is 62.6 cm³/mol. The van der Waals surface area contributed by atoms with Gasteiger partial charge in [0, 0.05) is 17.8 Å². The largest absolute Gasteiger partial charge is 0.370 e. The average molecular weight is 236 g/mol. The van der Waals surface area contributed by atoms with Gasteiger partial charge in [-0.2, -0.15) is 0 Å². The molecule has 0 saturated heterocycles. The first kappa shape index (κ1) is 11.8. The number of carbonyl (C=O) groups excluding carboxylic acids is 1. The van der Waals surface area contributed by atoms with Crippen molar-refractivity contribution in [3.8, 4) is 0 Å². The van der Waals surface area contributed by atoms with Gasteiger partial charge in [-0.15, -0.1) is 0 Å². The van der Waals surface area contributed by atoms with Gasteiger partial charge in [-0.1, -0.05) is 0 Å². The molecule has 1 heterocycles. The second-order valence-corrected chi connectivity index (χ2v) is 3.95. The number of aryl methyl sites for hydroxylation is 1. The van der Waals surface area contributed by atoms with E-state index in [1.54, 1.807) is 6.33 Å². The fourth-order valence-electron chi connectivity index (χ4n) is 1.93. The molecule has 1 aliphatic carbocycles. The molecule has 0 aliphatic heterocycles. The van der Waals surface area contributed by atoms with Crippen molar-refractivity contribution in [2.75, 3.05) is 25.1 Å². The normalized spacial score (nSPS) is 13.4. The van der Waals surface area contributed by atoms with Crippen LogP contribution in [0.5, 0.6) is 0 Å². The number of carbonyl (C=O) groups is 1. The molecule has 6 heteroatoms. The number of hydrogen-bond acceptors (Lipinski definition) is 5. The number of nitrogens with two attached hydrogens (primary N) is 1. The molecule has 92 valence electrons. The zero-order chi connectivity index (χ0) is 12.1. The number of ether oxygens (including phenoxy) is 1. The Morgan fingerprint density at radius 3 is 3.18 bits per heavy atom. The third-order valence-corrected chi connectivity index (χ3v) is 2.66. The number of nitrogens with one attached hydrogen (secondary N) is 1. The summed E-state index contributed by atoms with van der Waals surface area (Å²) in [5.41, 5.74) is 7.30. The molecule has 0 radical (unpaired) electrons. The summed E-state index contributed by atoms with van der Waals surface area (Å²) in [5.74, 6) is 0.433. The SMILES string of the molecule is NC(=O)COCCNc1ncnc2c1CCC2. The highest BCUT2D eigenvalue weighted by molar-refractivity contribution is 5.74. The summed E-state index contributed by atoms with van der Waals surface area (Å²) in [5, 5.41) is 3.19. The summed E-state index contributed by atoms with van der Waals surface area (Å²) >= 11 is 0. The molecule has 2 rings (SSSR count). The number of nitrogens with zero attached hydrogens (tertiary/aromatic N) is 2. The summed E-state index contributed by atoms with van der Waals surface area (Å²) in [6, 6.07) is 0. The molecule has 0 fully saturated rings.